The summed E-state index contributed by atoms with van der Waals surface area (Å²) in [7, 11) is 0. The molecule has 166 valence electrons. The SMILES string of the molecule is C[C@]12CCC3C(CC[C@H]4C[C@@](O)(C(F)F)CC[C@H]34)C1CC[C@@H]2C(=O)Cn1nccn1. The Kier molecular flexibility index (Phi) is 5.03. The van der Waals surface area contributed by atoms with E-state index in [1.165, 1.54) is 4.80 Å². The molecule has 0 aliphatic heterocycles. The third-order valence-electron chi connectivity index (χ3n) is 9.60. The number of Topliss-reactive ketones (excluding diaryl/α,β-unsaturated/α-hetero) is 1. The van der Waals surface area contributed by atoms with Crippen LogP contribution >= 0.6 is 0 Å². The van der Waals surface area contributed by atoms with Crippen LogP contribution in [0.4, 0.5) is 8.78 Å². The van der Waals surface area contributed by atoms with Crippen LogP contribution in [0, 0.1) is 40.9 Å². The van der Waals surface area contributed by atoms with Crippen molar-refractivity contribution in [3.05, 3.63) is 12.4 Å². The summed E-state index contributed by atoms with van der Waals surface area (Å²) < 4.78 is 26.8. The van der Waals surface area contributed by atoms with Crippen LogP contribution < -0.4 is 0 Å². The Labute approximate surface area is 176 Å². The van der Waals surface area contributed by atoms with Crippen molar-refractivity contribution in [3.63, 3.8) is 0 Å². The monoisotopic (exact) mass is 421 g/mol. The van der Waals surface area contributed by atoms with Gasteiger partial charge in [0.05, 0.1) is 12.4 Å². The number of rotatable bonds is 4. The maximum absolute atomic E-state index is 13.4. The number of ketones is 1. The van der Waals surface area contributed by atoms with Crippen molar-refractivity contribution in [1.82, 2.24) is 15.0 Å². The molecule has 0 saturated heterocycles. The average Bonchev–Trinajstić information content (AvgIpc) is 3.34. The second-order valence-electron chi connectivity index (χ2n) is 10.8. The Morgan fingerprint density at radius 2 is 1.80 bits per heavy atom. The Hall–Kier alpha value is -1.37. The molecule has 5 rings (SSSR count). The fourth-order valence-electron chi connectivity index (χ4n) is 8.21. The van der Waals surface area contributed by atoms with Gasteiger partial charge in [-0.3, -0.25) is 4.79 Å². The van der Waals surface area contributed by atoms with E-state index in [9.17, 15) is 18.7 Å². The molecule has 4 aliphatic carbocycles. The summed E-state index contributed by atoms with van der Waals surface area (Å²) in [4.78, 5) is 14.6. The van der Waals surface area contributed by atoms with Gasteiger partial charge in [0.15, 0.2) is 5.78 Å². The molecule has 7 heteroatoms. The Bertz CT molecular complexity index is 787. The van der Waals surface area contributed by atoms with Gasteiger partial charge in [0.25, 0.3) is 6.43 Å². The minimum absolute atomic E-state index is 0.0383. The maximum Gasteiger partial charge on any atom is 0.266 e. The van der Waals surface area contributed by atoms with E-state index in [0.717, 1.165) is 44.9 Å². The average molecular weight is 422 g/mol. The molecular formula is C23H33F2N3O2. The molecule has 0 amide bonds. The fourth-order valence-corrected chi connectivity index (χ4v) is 8.21. The number of fused-ring (bicyclic) bond motifs is 5. The summed E-state index contributed by atoms with van der Waals surface area (Å²) in [6, 6.07) is 0. The molecule has 4 saturated carbocycles. The van der Waals surface area contributed by atoms with E-state index in [1.807, 2.05) is 0 Å². The van der Waals surface area contributed by atoms with E-state index in [4.69, 9.17) is 0 Å². The number of aromatic nitrogens is 3. The van der Waals surface area contributed by atoms with Crippen molar-refractivity contribution < 1.29 is 18.7 Å². The van der Waals surface area contributed by atoms with Gasteiger partial charge in [-0.2, -0.15) is 15.0 Å². The van der Waals surface area contributed by atoms with Gasteiger partial charge in [0.1, 0.15) is 12.1 Å². The Balaban J connectivity index is 1.30. The van der Waals surface area contributed by atoms with Crippen molar-refractivity contribution in [2.45, 2.75) is 83.3 Å². The summed E-state index contributed by atoms with van der Waals surface area (Å²) >= 11 is 0. The molecule has 3 unspecified atom stereocenters. The largest absolute Gasteiger partial charge is 0.384 e. The molecule has 5 nitrogen and oxygen atoms in total. The third kappa shape index (κ3) is 3.14. The highest BCUT2D eigenvalue weighted by molar-refractivity contribution is 5.81. The number of aliphatic hydroxyl groups is 1. The number of halogens is 2. The summed E-state index contributed by atoms with van der Waals surface area (Å²) in [6.45, 7) is 2.58. The molecule has 1 heterocycles. The number of nitrogens with zero attached hydrogens (tertiary/aromatic N) is 3. The second-order valence-corrected chi connectivity index (χ2v) is 10.8. The summed E-state index contributed by atoms with van der Waals surface area (Å²) in [5, 5.41) is 18.6. The first kappa shape index (κ1) is 20.5. The van der Waals surface area contributed by atoms with Crippen LogP contribution in [0.2, 0.25) is 0 Å². The normalized spacial score (nSPS) is 45.6. The summed E-state index contributed by atoms with van der Waals surface area (Å²) in [6.07, 6.45) is 7.98. The number of hydrogen-bond acceptors (Lipinski definition) is 4. The molecule has 1 aromatic heterocycles. The van der Waals surface area contributed by atoms with Gasteiger partial charge in [-0.25, -0.2) is 8.78 Å². The smallest absolute Gasteiger partial charge is 0.266 e. The Morgan fingerprint density at radius 3 is 2.53 bits per heavy atom. The zero-order valence-corrected chi connectivity index (χ0v) is 17.7. The topological polar surface area (TPSA) is 68.0 Å². The van der Waals surface area contributed by atoms with E-state index in [2.05, 4.69) is 17.1 Å². The van der Waals surface area contributed by atoms with Crippen LogP contribution in [0.3, 0.4) is 0 Å². The van der Waals surface area contributed by atoms with Crippen molar-refractivity contribution in [3.8, 4) is 0 Å². The molecule has 4 aliphatic rings. The lowest BCUT2D eigenvalue weighted by Gasteiger charge is -2.57. The highest BCUT2D eigenvalue weighted by Crippen LogP contribution is 2.64. The molecule has 0 spiro atoms. The van der Waals surface area contributed by atoms with E-state index in [1.54, 1.807) is 12.4 Å². The first-order valence-corrected chi connectivity index (χ1v) is 11.7. The highest BCUT2D eigenvalue weighted by atomic mass is 19.3. The number of alkyl halides is 2. The lowest BCUT2D eigenvalue weighted by Crippen LogP contribution is -2.53. The van der Waals surface area contributed by atoms with Crippen molar-refractivity contribution in [2.24, 2.45) is 40.9 Å². The molecular weight excluding hydrogens is 388 g/mol. The van der Waals surface area contributed by atoms with E-state index >= 15 is 0 Å². The minimum atomic E-state index is -2.64. The lowest BCUT2D eigenvalue weighted by atomic mass is 9.49. The fraction of sp³-hybridized carbons (Fsp3) is 0.870. The summed E-state index contributed by atoms with van der Waals surface area (Å²) in [5.41, 5.74) is -1.74. The first-order chi connectivity index (χ1) is 14.3. The van der Waals surface area contributed by atoms with Crippen molar-refractivity contribution in [1.29, 1.82) is 0 Å². The van der Waals surface area contributed by atoms with E-state index in [0.29, 0.717) is 23.7 Å². The lowest BCUT2D eigenvalue weighted by molar-refractivity contribution is -0.160. The quantitative estimate of drug-likeness (QED) is 0.794. The molecule has 30 heavy (non-hydrogen) atoms. The highest BCUT2D eigenvalue weighted by Gasteiger charge is 2.59. The standard InChI is InChI=1S/C23H33F2N3O2/c1-22-8-6-16-15-7-9-23(30,21(24)25)12-14(15)2-3-17(16)18(22)4-5-19(22)20(29)13-28-26-10-11-27-28/h10-11,14-19,21,30H,2-9,12-13H2,1H3/t14-,15-,16?,17?,18?,19+,22-,23+/m0/s1. The predicted molar refractivity (Wildman–Crippen MR) is 107 cm³/mol. The van der Waals surface area contributed by atoms with Gasteiger partial charge >= 0.3 is 0 Å². The molecule has 0 aromatic carbocycles. The summed E-state index contributed by atoms with van der Waals surface area (Å²) in [5.74, 6) is 2.75. The Morgan fingerprint density at radius 1 is 1.07 bits per heavy atom. The van der Waals surface area contributed by atoms with Crippen LogP contribution in [0.1, 0.15) is 64.7 Å². The predicted octanol–water partition coefficient (Wildman–Crippen LogP) is 4.11. The number of hydrogen-bond donors (Lipinski definition) is 1. The molecule has 8 atom stereocenters. The van der Waals surface area contributed by atoms with Crippen molar-refractivity contribution in [2.75, 3.05) is 0 Å². The van der Waals surface area contributed by atoms with Crippen LogP contribution in [0.25, 0.3) is 0 Å². The zero-order chi connectivity index (χ0) is 21.1. The van der Waals surface area contributed by atoms with E-state index < -0.39 is 12.0 Å². The molecule has 0 bridgehead atoms. The van der Waals surface area contributed by atoms with Gasteiger partial charge in [-0.05, 0) is 92.8 Å². The van der Waals surface area contributed by atoms with E-state index in [-0.39, 0.29) is 42.4 Å². The van der Waals surface area contributed by atoms with Gasteiger partial charge in [0.2, 0.25) is 0 Å². The van der Waals surface area contributed by atoms with Crippen molar-refractivity contribution >= 4 is 5.78 Å². The van der Waals surface area contributed by atoms with Gasteiger partial charge in [-0.1, -0.05) is 6.92 Å². The van der Waals surface area contributed by atoms with Crippen LogP contribution in [0.15, 0.2) is 12.4 Å². The first-order valence-electron chi connectivity index (χ1n) is 11.7. The molecule has 1 aromatic rings. The van der Waals surface area contributed by atoms with Gasteiger partial charge < -0.3 is 5.11 Å². The number of carbonyl (C=O) groups excluding carboxylic acids is 1. The van der Waals surface area contributed by atoms with Crippen LogP contribution in [-0.2, 0) is 11.3 Å². The maximum atomic E-state index is 13.4. The van der Waals surface area contributed by atoms with Crippen LogP contribution in [0.5, 0.6) is 0 Å². The van der Waals surface area contributed by atoms with Gasteiger partial charge in [-0.15, -0.1) is 0 Å². The second kappa shape index (κ2) is 7.35. The molecule has 1 N–H and O–H groups in total. The van der Waals surface area contributed by atoms with Gasteiger partial charge in [0, 0.05) is 5.92 Å². The number of carbonyl (C=O) groups is 1. The molecule has 4 fully saturated rings. The third-order valence-corrected chi connectivity index (χ3v) is 9.60. The molecule has 0 radical (unpaired) electrons. The van der Waals surface area contributed by atoms with Crippen LogP contribution in [-0.4, -0.2) is 37.9 Å². The zero-order valence-electron chi connectivity index (χ0n) is 17.7. The minimum Gasteiger partial charge on any atom is -0.384 e.